The van der Waals surface area contributed by atoms with E-state index in [2.05, 4.69) is 15.2 Å². The lowest BCUT2D eigenvalue weighted by atomic mass is 10.1. The third-order valence-electron chi connectivity index (χ3n) is 3.82. The zero-order chi connectivity index (χ0) is 11.8. The Bertz CT molecular complexity index is 470. The highest BCUT2D eigenvalue weighted by Crippen LogP contribution is 2.21. The molecule has 2 unspecified atom stereocenters. The Kier molecular flexibility index (Phi) is 2.63. The van der Waals surface area contributed by atoms with Gasteiger partial charge >= 0.3 is 0 Å². The average molecular weight is 234 g/mol. The van der Waals surface area contributed by atoms with Crippen LogP contribution < -0.4 is 15.8 Å². The van der Waals surface area contributed by atoms with E-state index < -0.39 is 0 Å². The first-order chi connectivity index (χ1) is 8.24. The zero-order valence-electron chi connectivity index (χ0n) is 10.1. The third kappa shape index (κ3) is 1.95. The smallest absolute Gasteiger partial charge is 0.293 e. The van der Waals surface area contributed by atoms with E-state index in [0.29, 0.717) is 17.9 Å². The summed E-state index contributed by atoms with van der Waals surface area (Å²) < 4.78 is 1.60. The molecule has 17 heavy (non-hydrogen) atoms. The van der Waals surface area contributed by atoms with Crippen molar-refractivity contribution in [3.05, 3.63) is 22.7 Å². The minimum Gasteiger partial charge on any atom is -0.350 e. The molecule has 0 aliphatic carbocycles. The molecule has 0 amide bonds. The fourth-order valence-corrected chi connectivity index (χ4v) is 2.84. The molecule has 2 aliphatic heterocycles. The van der Waals surface area contributed by atoms with E-state index in [1.165, 1.54) is 12.8 Å². The number of hydrogen-bond donors (Lipinski definition) is 1. The van der Waals surface area contributed by atoms with Crippen LogP contribution in [-0.2, 0) is 7.05 Å². The Morgan fingerprint density at radius 2 is 2.18 bits per heavy atom. The van der Waals surface area contributed by atoms with Crippen molar-refractivity contribution in [1.82, 2.24) is 14.9 Å². The van der Waals surface area contributed by atoms with Crippen LogP contribution in [0.2, 0.25) is 0 Å². The standard InChI is InChI=1S/C12H18N4O/c1-15-7-5-13-11(12(15)17)16-6-4-9-2-3-10(8-16)14-9/h5,7,9-10,14H,2-4,6,8H2,1H3. The maximum absolute atomic E-state index is 12.0. The first-order valence-electron chi connectivity index (χ1n) is 6.26. The molecule has 2 bridgehead atoms. The van der Waals surface area contributed by atoms with Crippen LogP contribution in [0.5, 0.6) is 0 Å². The lowest BCUT2D eigenvalue weighted by Gasteiger charge is -2.24. The molecule has 2 aliphatic rings. The summed E-state index contributed by atoms with van der Waals surface area (Å²) in [5.41, 5.74) is 0.00488. The molecule has 2 atom stereocenters. The van der Waals surface area contributed by atoms with Gasteiger partial charge in [0.1, 0.15) is 0 Å². The van der Waals surface area contributed by atoms with Gasteiger partial charge < -0.3 is 14.8 Å². The summed E-state index contributed by atoms with van der Waals surface area (Å²) in [4.78, 5) is 18.4. The van der Waals surface area contributed by atoms with E-state index in [4.69, 9.17) is 0 Å². The summed E-state index contributed by atoms with van der Waals surface area (Å²) >= 11 is 0. The Labute approximate surface area is 100 Å². The highest BCUT2D eigenvalue weighted by molar-refractivity contribution is 5.36. The van der Waals surface area contributed by atoms with Gasteiger partial charge in [-0.05, 0) is 19.3 Å². The second kappa shape index (κ2) is 4.14. The number of nitrogens with one attached hydrogen (secondary N) is 1. The first-order valence-corrected chi connectivity index (χ1v) is 6.26. The Balaban J connectivity index is 1.89. The predicted molar refractivity (Wildman–Crippen MR) is 66.3 cm³/mol. The molecule has 5 heteroatoms. The molecule has 3 heterocycles. The molecule has 1 N–H and O–H groups in total. The number of aryl methyl sites for hydroxylation is 1. The molecule has 5 nitrogen and oxygen atoms in total. The second-order valence-electron chi connectivity index (χ2n) is 5.04. The van der Waals surface area contributed by atoms with Crippen LogP contribution in [0.25, 0.3) is 0 Å². The largest absolute Gasteiger partial charge is 0.350 e. The topological polar surface area (TPSA) is 50.2 Å². The molecule has 2 fully saturated rings. The predicted octanol–water partition coefficient (Wildman–Crippen LogP) is 0.111. The molecule has 0 aromatic carbocycles. The van der Waals surface area contributed by atoms with Crippen molar-refractivity contribution in [2.75, 3.05) is 18.0 Å². The zero-order valence-corrected chi connectivity index (χ0v) is 10.1. The van der Waals surface area contributed by atoms with Crippen molar-refractivity contribution in [2.45, 2.75) is 31.3 Å². The summed E-state index contributed by atoms with van der Waals surface area (Å²) in [5, 5.41) is 3.61. The summed E-state index contributed by atoms with van der Waals surface area (Å²) in [5.74, 6) is 0.601. The minimum absolute atomic E-state index is 0.00488. The second-order valence-corrected chi connectivity index (χ2v) is 5.04. The van der Waals surface area contributed by atoms with Gasteiger partial charge in [-0.15, -0.1) is 0 Å². The van der Waals surface area contributed by atoms with Crippen molar-refractivity contribution in [3.8, 4) is 0 Å². The number of rotatable bonds is 1. The quantitative estimate of drug-likeness (QED) is 0.749. The van der Waals surface area contributed by atoms with Gasteiger partial charge in [0.2, 0.25) is 0 Å². The molecule has 0 radical (unpaired) electrons. The Hall–Kier alpha value is -1.36. The van der Waals surface area contributed by atoms with Crippen LogP contribution in [0.3, 0.4) is 0 Å². The van der Waals surface area contributed by atoms with Crippen LogP contribution in [0.1, 0.15) is 19.3 Å². The minimum atomic E-state index is 0.00488. The number of nitrogens with zero attached hydrogens (tertiary/aromatic N) is 3. The van der Waals surface area contributed by atoms with Crippen LogP contribution in [0, 0.1) is 0 Å². The van der Waals surface area contributed by atoms with Gasteiger partial charge in [-0.1, -0.05) is 0 Å². The molecule has 0 saturated carbocycles. The van der Waals surface area contributed by atoms with Crippen molar-refractivity contribution in [2.24, 2.45) is 7.05 Å². The van der Waals surface area contributed by atoms with Crippen LogP contribution in [0.15, 0.2) is 17.2 Å². The van der Waals surface area contributed by atoms with Crippen LogP contribution in [-0.4, -0.2) is 34.7 Å². The Morgan fingerprint density at radius 1 is 1.35 bits per heavy atom. The van der Waals surface area contributed by atoms with Gasteiger partial charge in [-0.3, -0.25) is 4.79 Å². The summed E-state index contributed by atoms with van der Waals surface area (Å²) in [6, 6.07) is 1.16. The number of aromatic nitrogens is 2. The third-order valence-corrected chi connectivity index (χ3v) is 3.82. The van der Waals surface area contributed by atoms with Gasteiger partial charge in [0.05, 0.1) is 0 Å². The number of anilines is 1. The Morgan fingerprint density at radius 3 is 3.06 bits per heavy atom. The molecule has 0 spiro atoms. The van der Waals surface area contributed by atoms with Crippen LogP contribution >= 0.6 is 0 Å². The van der Waals surface area contributed by atoms with Gasteiger partial charge in [-0.25, -0.2) is 4.98 Å². The lowest BCUT2D eigenvalue weighted by Crippen LogP contribution is -2.39. The van der Waals surface area contributed by atoms with E-state index >= 15 is 0 Å². The van der Waals surface area contributed by atoms with Gasteiger partial charge in [0, 0.05) is 44.6 Å². The maximum Gasteiger partial charge on any atom is 0.293 e. The summed E-state index contributed by atoms with van der Waals surface area (Å²) in [6.45, 7) is 1.84. The van der Waals surface area contributed by atoms with Crippen molar-refractivity contribution in [1.29, 1.82) is 0 Å². The molecule has 1 aromatic heterocycles. The first kappa shape index (κ1) is 10.8. The van der Waals surface area contributed by atoms with Crippen molar-refractivity contribution >= 4 is 5.82 Å². The van der Waals surface area contributed by atoms with Gasteiger partial charge in [0.25, 0.3) is 5.56 Å². The molecular formula is C12H18N4O. The normalized spacial score (nSPS) is 28.2. The molecule has 92 valence electrons. The highest BCUT2D eigenvalue weighted by atomic mass is 16.1. The van der Waals surface area contributed by atoms with E-state index in [9.17, 15) is 4.79 Å². The molecule has 3 rings (SSSR count). The van der Waals surface area contributed by atoms with E-state index in [1.54, 1.807) is 24.0 Å². The van der Waals surface area contributed by atoms with E-state index in [0.717, 1.165) is 19.5 Å². The van der Waals surface area contributed by atoms with E-state index in [1.807, 2.05) is 0 Å². The lowest BCUT2D eigenvalue weighted by molar-refractivity contribution is 0.563. The fourth-order valence-electron chi connectivity index (χ4n) is 2.84. The SMILES string of the molecule is Cn1ccnc(N2CCC3CCC(C2)N3)c1=O. The molecular weight excluding hydrogens is 216 g/mol. The van der Waals surface area contributed by atoms with Crippen molar-refractivity contribution < 1.29 is 0 Å². The van der Waals surface area contributed by atoms with Gasteiger partial charge in [-0.2, -0.15) is 0 Å². The maximum atomic E-state index is 12.0. The molecule has 1 aromatic rings. The van der Waals surface area contributed by atoms with Gasteiger partial charge in [0.15, 0.2) is 5.82 Å². The van der Waals surface area contributed by atoms with E-state index in [-0.39, 0.29) is 5.56 Å². The monoisotopic (exact) mass is 234 g/mol. The van der Waals surface area contributed by atoms with Crippen LogP contribution in [0.4, 0.5) is 5.82 Å². The summed E-state index contributed by atoms with van der Waals surface area (Å²) in [7, 11) is 1.77. The fraction of sp³-hybridized carbons (Fsp3) is 0.667. The summed E-state index contributed by atoms with van der Waals surface area (Å²) in [6.07, 6.45) is 7.00. The number of hydrogen-bond acceptors (Lipinski definition) is 4. The number of fused-ring (bicyclic) bond motifs is 2. The van der Waals surface area contributed by atoms with Crippen molar-refractivity contribution in [3.63, 3.8) is 0 Å². The average Bonchev–Trinajstić information content (AvgIpc) is 2.63. The highest BCUT2D eigenvalue weighted by Gasteiger charge is 2.30. The molecule has 2 saturated heterocycles.